The van der Waals surface area contributed by atoms with Crippen molar-refractivity contribution in [3.63, 3.8) is 0 Å². The van der Waals surface area contributed by atoms with Crippen molar-refractivity contribution in [3.05, 3.63) is 30.1 Å². The van der Waals surface area contributed by atoms with E-state index in [4.69, 9.17) is 0 Å². The van der Waals surface area contributed by atoms with Crippen LogP contribution in [0.3, 0.4) is 0 Å². The molecule has 0 N–H and O–H groups in total. The van der Waals surface area contributed by atoms with Gasteiger partial charge in [-0.2, -0.15) is 0 Å². The molecule has 2 heteroatoms. The molecule has 1 aromatic heterocycles. The first-order chi connectivity index (χ1) is 6.58. The van der Waals surface area contributed by atoms with Crippen LogP contribution in [0.25, 0.3) is 0 Å². The Bertz CT molecular complexity index is 283. The highest BCUT2D eigenvalue weighted by molar-refractivity contribution is 5.63. The van der Waals surface area contributed by atoms with Gasteiger partial charge in [-0.3, -0.25) is 9.98 Å². The van der Waals surface area contributed by atoms with E-state index in [1.165, 1.54) is 5.56 Å². The van der Waals surface area contributed by atoms with Crippen molar-refractivity contribution in [1.82, 2.24) is 4.98 Å². The van der Waals surface area contributed by atoms with Gasteiger partial charge in [0.2, 0.25) is 0 Å². The van der Waals surface area contributed by atoms with Crippen molar-refractivity contribution in [2.24, 2.45) is 10.4 Å². The summed E-state index contributed by atoms with van der Waals surface area (Å²) in [5, 5.41) is 0. The zero-order valence-corrected chi connectivity index (χ0v) is 9.20. The van der Waals surface area contributed by atoms with E-state index >= 15 is 0 Å². The first-order valence-electron chi connectivity index (χ1n) is 4.98. The lowest BCUT2D eigenvalue weighted by molar-refractivity contribution is 0.604. The molecule has 0 bridgehead atoms. The molecular formula is C12H18N2. The third-order valence-electron chi connectivity index (χ3n) is 1.73. The Balaban J connectivity index is 2.33. The Morgan fingerprint density at radius 2 is 2.21 bits per heavy atom. The molecule has 1 aromatic rings. The average molecular weight is 190 g/mol. The van der Waals surface area contributed by atoms with Crippen LogP contribution in [0.1, 0.15) is 26.3 Å². The smallest absolute Gasteiger partial charge is 0.0426 e. The Kier molecular flexibility index (Phi) is 3.81. The Hall–Kier alpha value is -1.18. The highest BCUT2D eigenvalue weighted by Gasteiger charge is 2.03. The third-order valence-corrected chi connectivity index (χ3v) is 1.73. The lowest BCUT2D eigenvalue weighted by Crippen LogP contribution is -2.06. The molecule has 0 unspecified atom stereocenters. The number of aromatic nitrogens is 1. The van der Waals surface area contributed by atoms with E-state index in [9.17, 15) is 0 Å². The molecule has 0 aliphatic carbocycles. The summed E-state index contributed by atoms with van der Waals surface area (Å²) in [6.07, 6.45) is 6.68. The summed E-state index contributed by atoms with van der Waals surface area (Å²) in [5.41, 5.74) is 1.44. The molecule has 2 nitrogen and oxygen atoms in total. The van der Waals surface area contributed by atoms with Crippen LogP contribution in [0.5, 0.6) is 0 Å². The molecular weight excluding hydrogens is 172 g/mol. The summed E-state index contributed by atoms with van der Waals surface area (Å²) >= 11 is 0. The van der Waals surface area contributed by atoms with Crippen molar-refractivity contribution in [2.45, 2.75) is 27.2 Å². The van der Waals surface area contributed by atoms with Crippen molar-refractivity contribution in [1.29, 1.82) is 0 Å². The number of nitrogens with zero attached hydrogens (tertiary/aromatic N) is 2. The van der Waals surface area contributed by atoms with Crippen LogP contribution in [-0.4, -0.2) is 17.7 Å². The van der Waals surface area contributed by atoms with E-state index in [-0.39, 0.29) is 5.41 Å². The second kappa shape index (κ2) is 4.89. The van der Waals surface area contributed by atoms with Gasteiger partial charge in [0.15, 0.2) is 0 Å². The average Bonchev–Trinajstić information content (AvgIpc) is 2.13. The van der Waals surface area contributed by atoms with Crippen LogP contribution in [0, 0.1) is 5.41 Å². The van der Waals surface area contributed by atoms with Crippen molar-refractivity contribution < 1.29 is 0 Å². The zero-order valence-electron chi connectivity index (χ0n) is 9.20. The van der Waals surface area contributed by atoms with Crippen LogP contribution < -0.4 is 0 Å². The number of hydrogen-bond acceptors (Lipinski definition) is 2. The Morgan fingerprint density at radius 3 is 2.79 bits per heavy atom. The number of aliphatic imine (C=N–C) groups is 1. The van der Waals surface area contributed by atoms with Gasteiger partial charge < -0.3 is 0 Å². The standard InChI is InChI=1S/C12H18N2/c1-12(2,3)10-14-8-6-11-5-4-7-13-9-11/h4-5,7,9-10H,6,8H2,1-3H3. The molecule has 0 aliphatic rings. The Morgan fingerprint density at radius 1 is 1.43 bits per heavy atom. The van der Waals surface area contributed by atoms with Gasteiger partial charge in [-0.15, -0.1) is 0 Å². The van der Waals surface area contributed by atoms with Crippen LogP contribution in [0.4, 0.5) is 0 Å². The van der Waals surface area contributed by atoms with E-state index in [2.05, 4.69) is 36.8 Å². The van der Waals surface area contributed by atoms with Gasteiger partial charge in [-0.25, -0.2) is 0 Å². The van der Waals surface area contributed by atoms with Gasteiger partial charge in [0.25, 0.3) is 0 Å². The fourth-order valence-electron chi connectivity index (χ4n) is 1.08. The summed E-state index contributed by atoms with van der Waals surface area (Å²) in [7, 11) is 0. The Labute approximate surface area is 86.1 Å². The van der Waals surface area contributed by atoms with E-state index in [1.807, 2.05) is 18.5 Å². The van der Waals surface area contributed by atoms with Crippen LogP contribution >= 0.6 is 0 Å². The molecule has 0 saturated heterocycles. The highest BCUT2D eigenvalue weighted by atomic mass is 14.7. The minimum atomic E-state index is 0.189. The maximum absolute atomic E-state index is 4.39. The molecule has 0 amide bonds. The summed E-state index contributed by atoms with van der Waals surface area (Å²) < 4.78 is 0. The minimum absolute atomic E-state index is 0.189. The van der Waals surface area contributed by atoms with Gasteiger partial charge in [0.1, 0.15) is 0 Å². The second-order valence-electron chi connectivity index (χ2n) is 4.51. The lowest BCUT2D eigenvalue weighted by Gasteiger charge is -2.09. The summed E-state index contributed by atoms with van der Waals surface area (Å²) in [4.78, 5) is 8.45. The maximum atomic E-state index is 4.39. The second-order valence-corrected chi connectivity index (χ2v) is 4.51. The fourth-order valence-corrected chi connectivity index (χ4v) is 1.08. The van der Waals surface area contributed by atoms with Gasteiger partial charge in [-0.05, 0) is 23.5 Å². The molecule has 0 radical (unpaired) electrons. The molecule has 0 fully saturated rings. The molecule has 1 heterocycles. The van der Waals surface area contributed by atoms with Crippen molar-refractivity contribution in [2.75, 3.05) is 6.54 Å². The van der Waals surface area contributed by atoms with Crippen LogP contribution in [0.15, 0.2) is 29.5 Å². The summed E-state index contributed by atoms with van der Waals surface area (Å²) in [5.74, 6) is 0. The van der Waals surface area contributed by atoms with Gasteiger partial charge in [-0.1, -0.05) is 26.8 Å². The largest absolute Gasteiger partial charge is 0.297 e. The highest BCUT2D eigenvalue weighted by Crippen LogP contribution is 2.08. The quantitative estimate of drug-likeness (QED) is 0.673. The monoisotopic (exact) mass is 190 g/mol. The molecule has 0 atom stereocenters. The van der Waals surface area contributed by atoms with E-state index in [1.54, 1.807) is 6.20 Å². The van der Waals surface area contributed by atoms with Crippen LogP contribution in [0.2, 0.25) is 0 Å². The molecule has 14 heavy (non-hydrogen) atoms. The molecule has 0 saturated carbocycles. The summed E-state index contributed by atoms with van der Waals surface area (Å²) in [6.45, 7) is 7.31. The molecule has 0 aliphatic heterocycles. The normalized spacial score (nSPS) is 12.2. The minimum Gasteiger partial charge on any atom is -0.297 e. The number of hydrogen-bond donors (Lipinski definition) is 0. The first kappa shape index (κ1) is 10.9. The van der Waals surface area contributed by atoms with Gasteiger partial charge in [0, 0.05) is 25.2 Å². The van der Waals surface area contributed by atoms with Gasteiger partial charge >= 0.3 is 0 Å². The van der Waals surface area contributed by atoms with Crippen molar-refractivity contribution >= 4 is 6.21 Å². The van der Waals surface area contributed by atoms with Crippen molar-refractivity contribution in [3.8, 4) is 0 Å². The predicted octanol–water partition coefficient (Wildman–Crippen LogP) is 2.74. The van der Waals surface area contributed by atoms with Gasteiger partial charge in [0.05, 0.1) is 0 Å². The number of pyridine rings is 1. The molecule has 1 rings (SSSR count). The first-order valence-corrected chi connectivity index (χ1v) is 4.98. The summed E-state index contributed by atoms with van der Waals surface area (Å²) in [6, 6.07) is 4.04. The molecule has 76 valence electrons. The van der Waals surface area contributed by atoms with Crippen LogP contribution in [-0.2, 0) is 6.42 Å². The fraction of sp³-hybridized carbons (Fsp3) is 0.500. The topological polar surface area (TPSA) is 25.2 Å². The van der Waals surface area contributed by atoms with E-state index < -0.39 is 0 Å². The molecule has 0 spiro atoms. The maximum Gasteiger partial charge on any atom is 0.0426 e. The predicted molar refractivity (Wildman–Crippen MR) is 60.8 cm³/mol. The van der Waals surface area contributed by atoms with E-state index in [0.29, 0.717) is 0 Å². The number of rotatable bonds is 3. The lowest BCUT2D eigenvalue weighted by atomic mass is 9.99. The SMILES string of the molecule is CC(C)(C)C=NCCc1cccnc1. The third kappa shape index (κ3) is 4.75. The molecule has 0 aromatic carbocycles. The van der Waals surface area contributed by atoms with E-state index in [0.717, 1.165) is 13.0 Å². The zero-order chi connectivity index (χ0) is 10.4.